The number of benzene rings is 8. The minimum Gasteiger partial charge on any atom is -0.208 e. The van der Waals surface area contributed by atoms with Crippen molar-refractivity contribution in [3.8, 4) is 45.3 Å². The predicted molar refractivity (Wildman–Crippen MR) is 223 cm³/mol. The van der Waals surface area contributed by atoms with E-state index in [0.29, 0.717) is 17.5 Å². The maximum absolute atomic E-state index is 4.94. The Morgan fingerprint density at radius 2 is 0.630 bits per heavy atom. The molecule has 1 aromatic heterocycles. The third-order valence-electron chi connectivity index (χ3n) is 9.74. The Bertz CT molecular complexity index is 2660. The standard InChI is InChI=1S/C51H35N3/c1-5-17-38(18-6-1)47(48(39-19-7-2-8-20-39)46-33-30-36-16-13-14-25-43(36)35-46)45-27-15-26-44(34-45)37-28-31-42(32-29-37)51-53-49(40-21-9-3-10-22-40)52-50(54-51)41-23-11-4-12-24-41/h1-35H/b48-47-. The van der Waals surface area contributed by atoms with Crippen LogP contribution in [-0.2, 0) is 0 Å². The minimum atomic E-state index is 0.639. The van der Waals surface area contributed by atoms with Crippen LogP contribution in [0.2, 0.25) is 0 Å². The molecule has 0 N–H and O–H groups in total. The van der Waals surface area contributed by atoms with Gasteiger partial charge in [-0.1, -0.05) is 200 Å². The van der Waals surface area contributed by atoms with Crippen LogP contribution in [0.1, 0.15) is 22.3 Å². The summed E-state index contributed by atoms with van der Waals surface area (Å²) in [5.41, 5.74) is 12.1. The molecule has 3 nitrogen and oxygen atoms in total. The summed E-state index contributed by atoms with van der Waals surface area (Å²) in [5, 5.41) is 2.44. The summed E-state index contributed by atoms with van der Waals surface area (Å²) < 4.78 is 0. The maximum atomic E-state index is 4.94. The molecule has 3 heteroatoms. The molecule has 0 spiro atoms. The molecule has 0 unspecified atom stereocenters. The van der Waals surface area contributed by atoms with Crippen molar-refractivity contribution in [3.63, 3.8) is 0 Å². The Morgan fingerprint density at radius 1 is 0.241 bits per heavy atom. The lowest BCUT2D eigenvalue weighted by Gasteiger charge is -2.19. The first-order valence-electron chi connectivity index (χ1n) is 18.2. The molecule has 0 amide bonds. The number of hydrogen-bond acceptors (Lipinski definition) is 3. The van der Waals surface area contributed by atoms with Crippen molar-refractivity contribution in [1.29, 1.82) is 0 Å². The molecule has 54 heavy (non-hydrogen) atoms. The lowest BCUT2D eigenvalue weighted by atomic mass is 9.84. The van der Waals surface area contributed by atoms with Gasteiger partial charge in [-0.3, -0.25) is 0 Å². The maximum Gasteiger partial charge on any atom is 0.164 e. The van der Waals surface area contributed by atoms with Crippen LogP contribution >= 0.6 is 0 Å². The van der Waals surface area contributed by atoms with Crippen molar-refractivity contribution < 1.29 is 0 Å². The topological polar surface area (TPSA) is 38.7 Å². The van der Waals surface area contributed by atoms with Crippen LogP contribution in [0.15, 0.2) is 212 Å². The van der Waals surface area contributed by atoms with Gasteiger partial charge in [-0.15, -0.1) is 0 Å². The highest BCUT2D eigenvalue weighted by Gasteiger charge is 2.18. The number of fused-ring (bicyclic) bond motifs is 1. The van der Waals surface area contributed by atoms with Gasteiger partial charge in [-0.2, -0.15) is 0 Å². The van der Waals surface area contributed by atoms with E-state index in [2.05, 4.69) is 152 Å². The molecule has 0 bridgehead atoms. The van der Waals surface area contributed by atoms with E-state index in [0.717, 1.165) is 38.9 Å². The van der Waals surface area contributed by atoms with E-state index in [9.17, 15) is 0 Å². The Kier molecular flexibility index (Phi) is 8.94. The van der Waals surface area contributed by atoms with Gasteiger partial charge < -0.3 is 0 Å². The van der Waals surface area contributed by atoms with Crippen molar-refractivity contribution in [2.24, 2.45) is 0 Å². The van der Waals surface area contributed by atoms with Crippen LogP contribution in [0, 0.1) is 0 Å². The predicted octanol–water partition coefficient (Wildman–Crippen LogP) is 12.7. The van der Waals surface area contributed by atoms with Gasteiger partial charge in [0.05, 0.1) is 0 Å². The van der Waals surface area contributed by atoms with Gasteiger partial charge in [0.1, 0.15) is 0 Å². The first-order valence-corrected chi connectivity index (χ1v) is 18.2. The van der Waals surface area contributed by atoms with Gasteiger partial charge in [-0.25, -0.2) is 15.0 Å². The molecule has 0 aliphatic carbocycles. The molecule has 1 heterocycles. The van der Waals surface area contributed by atoms with Crippen LogP contribution in [0.5, 0.6) is 0 Å². The SMILES string of the molecule is c1ccc(/C(=C(\c2ccccc2)c2ccc3ccccc3c2)c2cccc(-c3ccc(-c4nc(-c5ccccc5)nc(-c5ccccc5)n4)cc3)c2)cc1. The molecule has 0 fully saturated rings. The molecule has 0 radical (unpaired) electrons. The highest BCUT2D eigenvalue weighted by atomic mass is 15.0. The molecule has 9 aromatic rings. The third-order valence-corrected chi connectivity index (χ3v) is 9.74. The van der Waals surface area contributed by atoms with Crippen molar-refractivity contribution in [1.82, 2.24) is 15.0 Å². The Hall–Kier alpha value is -7.23. The normalized spacial score (nSPS) is 11.6. The number of hydrogen-bond donors (Lipinski definition) is 0. The molecule has 0 atom stereocenters. The zero-order valence-electron chi connectivity index (χ0n) is 29.5. The van der Waals surface area contributed by atoms with Crippen LogP contribution in [0.4, 0.5) is 0 Å². The highest BCUT2D eigenvalue weighted by molar-refractivity contribution is 6.06. The molecule has 9 rings (SSSR count). The third kappa shape index (κ3) is 6.74. The summed E-state index contributed by atoms with van der Waals surface area (Å²) in [6.07, 6.45) is 0. The first kappa shape index (κ1) is 32.7. The molecule has 254 valence electrons. The summed E-state index contributed by atoms with van der Waals surface area (Å²) in [7, 11) is 0. The monoisotopic (exact) mass is 689 g/mol. The van der Waals surface area contributed by atoms with Crippen LogP contribution in [-0.4, -0.2) is 15.0 Å². The van der Waals surface area contributed by atoms with E-state index in [4.69, 9.17) is 15.0 Å². The molecule has 0 saturated carbocycles. The summed E-state index contributed by atoms with van der Waals surface area (Å²) in [6, 6.07) is 74.4. The van der Waals surface area contributed by atoms with Gasteiger partial charge >= 0.3 is 0 Å². The van der Waals surface area contributed by atoms with Crippen molar-refractivity contribution in [3.05, 3.63) is 235 Å². The Labute approximate surface area is 315 Å². The number of nitrogens with zero attached hydrogens (tertiary/aromatic N) is 3. The minimum absolute atomic E-state index is 0.639. The van der Waals surface area contributed by atoms with E-state index < -0.39 is 0 Å². The molecule has 0 saturated heterocycles. The quantitative estimate of drug-likeness (QED) is 0.149. The average Bonchev–Trinajstić information content (AvgIpc) is 3.26. The van der Waals surface area contributed by atoms with Gasteiger partial charge in [-0.05, 0) is 67.4 Å². The highest BCUT2D eigenvalue weighted by Crippen LogP contribution is 2.39. The molecular weight excluding hydrogens is 655 g/mol. The Morgan fingerprint density at radius 3 is 1.17 bits per heavy atom. The van der Waals surface area contributed by atoms with E-state index in [-0.39, 0.29) is 0 Å². The van der Waals surface area contributed by atoms with Gasteiger partial charge in [0.15, 0.2) is 17.5 Å². The fourth-order valence-electron chi connectivity index (χ4n) is 7.07. The van der Waals surface area contributed by atoms with E-state index in [1.54, 1.807) is 0 Å². The fourth-order valence-corrected chi connectivity index (χ4v) is 7.07. The van der Waals surface area contributed by atoms with E-state index >= 15 is 0 Å². The smallest absolute Gasteiger partial charge is 0.164 e. The summed E-state index contributed by atoms with van der Waals surface area (Å²) in [5.74, 6) is 1.94. The lowest BCUT2D eigenvalue weighted by molar-refractivity contribution is 1.07. The van der Waals surface area contributed by atoms with Crippen LogP contribution in [0.3, 0.4) is 0 Å². The van der Waals surface area contributed by atoms with E-state index in [1.807, 2.05) is 60.7 Å². The number of rotatable bonds is 8. The second kappa shape index (κ2) is 14.8. The van der Waals surface area contributed by atoms with E-state index in [1.165, 1.54) is 33.0 Å². The van der Waals surface area contributed by atoms with Crippen LogP contribution in [0.25, 0.3) is 67.2 Å². The van der Waals surface area contributed by atoms with Crippen molar-refractivity contribution in [2.75, 3.05) is 0 Å². The number of aromatic nitrogens is 3. The second-order valence-electron chi connectivity index (χ2n) is 13.2. The summed E-state index contributed by atoms with van der Waals surface area (Å²) >= 11 is 0. The van der Waals surface area contributed by atoms with Crippen molar-refractivity contribution >= 4 is 21.9 Å². The molecule has 0 aliphatic rings. The Balaban J connectivity index is 1.16. The first-order chi connectivity index (χ1) is 26.8. The molecular formula is C51H35N3. The van der Waals surface area contributed by atoms with Crippen molar-refractivity contribution in [2.45, 2.75) is 0 Å². The molecule has 0 aliphatic heterocycles. The zero-order chi connectivity index (χ0) is 36.1. The average molecular weight is 690 g/mol. The fraction of sp³-hybridized carbons (Fsp3) is 0. The molecule has 8 aromatic carbocycles. The van der Waals surface area contributed by atoms with Crippen LogP contribution < -0.4 is 0 Å². The summed E-state index contributed by atoms with van der Waals surface area (Å²) in [4.78, 5) is 14.7. The van der Waals surface area contributed by atoms with Gasteiger partial charge in [0.25, 0.3) is 0 Å². The second-order valence-corrected chi connectivity index (χ2v) is 13.2. The van der Waals surface area contributed by atoms with Gasteiger partial charge in [0, 0.05) is 16.7 Å². The van der Waals surface area contributed by atoms with Gasteiger partial charge in [0.2, 0.25) is 0 Å². The lowest BCUT2D eigenvalue weighted by Crippen LogP contribution is -2.00. The zero-order valence-corrected chi connectivity index (χ0v) is 29.5. The largest absolute Gasteiger partial charge is 0.208 e. The summed E-state index contributed by atoms with van der Waals surface area (Å²) in [6.45, 7) is 0.